The Morgan fingerprint density at radius 1 is 1.17 bits per heavy atom. The van der Waals surface area contributed by atoms with Crippen molar-refractivity contribution in [3.63, 3.8) is 0 Å². The molecule has 1 fully saturated rings. The monoisotopic (exact) mass is 316 g/mol. The molecule has 120 valence electrons. The van der Waals surface area contributed by atoms with Crippen LogP contribution in [0.25, 0.3) is 0 Å². The van der Waals surface area contributed by atoms with Gasteiger partial charge in [0.05, 0.1) is 0 Å². The zero-order valence-corrected chi connectivity index (χ0v) is 12.3. The van der Waals surface area contributed by atoms with E-state index in [4.69, 9.17) is 0 Å². The van der Waals surface area contributed by atoms with Gasteiger partial charge in [-0.25, -0.2) is 14.8 Å². The van der Waals surface area contributed by atoms with Crippen LogP contribution in [0.5, 0.6) is 0 Å². The van der Waals surface area contributed by atoms with Crippen molar-refractivity contribution in [2.75, 3.05) is 23.3 Å². The number of nitrogens with one attached hydrogen (secondary N) is 3. The summed E-state index contributed by atoms with van der Waals surface area (Å²) in [6.45, 7) is 1.84. The van der Waals surface area contributed by atoms with Crippen LogP contribution in [0.1, 0.15) is 29.6 Å². The Bertz CT molecular complexity index is 822. The van der Waals surface area contributed by atoms with Crippen molar-refractivity contribution in [1.29, 1.82) is 0 Å². The fraction of sp³-hybridized carbons (Fsp3) is 0.357. The molecule has 1 aliphatic heterocycles. The van der Waals surface area contributed by atoms with Crippen molar-refractivity contribution in [3.8, 4) is 0 Å². The fourth-order valence-electron chi connectivity index (χ4n) is 2.47. The molecule has 1 amide bonds. The Hall–Kier alpha value is -2.97. The molecule has 9 nitrogen and oxygen atoms in total. The van der Waals surface area contributed by atoms with Gasteiger partial charge in [0.15, 0.2) is 0 Å². The number of hydrogen-bond donors (Lipinski definition) is 3. The zero-order chi connectivity index (χ0) is 16.2. The molecule has 0 radical (unpaired) electrons. The molecule has 1 aliphatic rings. The summed E-state index contributed by atoms with van der Waals surface area (Å²) < 4.78 is 0. The molecule has 0 bridgehead atoms. The Kier molecular flexibility index (Phi) is 4.18. The summed E-state index contributed by atoms with van der Waals surface area (Å²) in [6.07, 6.45) is 5.87. The Balaban J connectivity index is 1.78. The van der Waals surface area contributed by atoms with Gasteiger partial charge >= 0.3 is 5.69 Å². The summed E-state index contributed by atoms with van der Waals surface area (Å²) in [4.78, 5) is 49.3. The Labute approximate surface area is 130 Å². The van der Waals surface area contributed by atoms with Crippen molar-refractivity contribution in [3.05, 3.63) is 45.0 Å². The maximum atomic E-state index is 12.1. The summed E-state index contributed by atoms with van der Waals surface area (Å²) >= 11 is 0. The molecular formula is C14H16N6O3. The van der Waals surface area contributed by atoms with Gasteiger partial charge in [0.2, 0.25) is 0 Å². The van der Waals surface area contributed by atoms with E-state index in [9.17, 15) is 14.4 Å². The number of aromatic amines is 2. The van der Waals surface area contributed by atoms with Gasteiger partial charge in [0.1, 0.15) is 23.5 Å². The van der Waals surface area contributed by atoms with Crippen LogP contribution in [0.3, 0.4) is 0 Å². The second-order valence-corrected chi connectivity index (χ2v) is 5.25. The fourth-order valence-corrected chi connectivity index (χ4v) is 2.47. The standard InChI is InChI=1S/C14H16N6O3/c21-12(9-7-15-14(23)19-13(9)22)18-10-6-11(17-8-16-10)20-4-2-1-3-5-20/h6-8H,1-5H2,(H2,15,19,22,23)(H,16,17,18,21). The van der Waals surface area contributed by atoms with Crippen molar-refractivity contribution < 1.29 is 4.79 Å². The summed E-state index contributed by atoms with van der Waals surface area (Å²) in [6, 6.07) is 1.67. The van der Waals surface area contributed by atoms with Crippen LogP contribution < -0.4 is 21.5 Å². The minimum Gasteiger partial charge on any atom is -0.356 e. The highest BCUT2D eigenvalue weighted by Gasteiger charge is 2.15. The Morgan fingerprint density at radius 2 is 1.96 bits per heavy atom. The molecule has 0 aliphatic carbocycles. The second-order valence-electron chi connectivity index (χ2n) is 5.25. The van der Waals surface area contributed by atoms with Crippen LogP contribution in [0.4, 0.5) is 11.6 Å². The lowest BCUT2D eigenvalue weighted by Crippen LogP contribution is -2.31. The van der Waals surface area contributed by atoms with E-state index in [1.165, 1.54) is 12.7 Å². The van der Waals surface area contributed by atoms with Crippen LogP contribution in [-0.2, 0) is 0 Å². The minimum absolute atomic E-state index is 0.192. The minimum atomic E-state index is -0.753. The maximum absolute atomic E-state index is 12.1. The van der Waals surface area contributed by atoms with Crippen molar-refractivity contribution >= 4 is 17.5 Å². The van der Waals surface area contributed by atoms with E-state index in [0.29, 0.717) is 5.82 Å². The first-order valence-electron chi connectivity index (χ1n) is 7.34. The van der Waals surface area contributed by atoms with Gasteiger partial charge in [0, 0.05) is 25.4 Å². The third-order valence-electron chi connectivity index (χ3n) is 3.64. The van der Waals surface area contributed by atoms with Crippen LogP contribution in [0, 0.1) is 0 Å². The second kappa shape index (κ2) is 6.42. The van der Waals surface area contributed by atoms with E-state index in [1.54, 1.807) is 6.07 Å². The van der Waals surface area contributed by atoms with Crippen LogP contribution in [0.2, 0.25) is 0 Å². The molecule has 0 atom stereocenters. The number of piperidine rings is 1. The predicted molar refractivity (Wildman–Crippen MR) is 83.7 cm³/mol. The molecule has 1 saturated heterocycles. The average Bonchev–Trinajstić information content (AvgIpc) is 2.56. The largest absolute Gasteiger partial charge is 0.356 e. The molecule has 2 aromatic rings. The van der Waals surface area contributed by atoms with Gasteiger partial charge in [-0.05, 0) is 19.3 Å². The number of nitrogens with zero attached hydrogens (tertiary/aromatic N) is 3. The van der Waals surface area contributed by atoms with Crippen molar-refractivity contribution in [1.82, 2.24) is 19.9 Å². The van der Waals surface area contributed by atoms with Crippen LogP contribution in [0.15, 0.2) is 28.2 Å². The van der Waals surface area contributed by atoms with E-state index in [-0.39, 0.29) is 5.56 Å². The molecule has 23 heavy (non-hydrogen) atoms. The van der Waals surface area contributed by atoms with Crippen LogP contribution >= 0.6 is 0 Å². The molecule has 0 aromatic carbocycles. The highest BCUT2D eigenvalue weighted by molar-refractivity contribution is 6.03. The lowest BCUT2D eigenvalue weighted by molar-refractivity contribution is 0.102. The number of H-pyrrole nitrogens is 2. The van der Waals surface area contributed by atoms with Gasteiger partial charge in [0.25, 0.3) is 11.5 Å². The van der Waals surface area contributed by atoms with Gasteiger partial charge in [-0.1, -0.05) is 0 Å². The third-order valence-corrected chi connectivity index (χ3v) is 3.64. The lowest BCUT2D eigenvalue weighted by atomic mass is 10.1. The highest BCUT2D eigenvalue weighted by atomic mass is 16.2. The maximum Gasteiger partial charge on any atom is 0.325 e. The van der Waals surface area contributed by atoms with Crippen molar-refractivity contribution in [2.45, 2.75) is 19.3 Å². The lowest BCUT2D eigenvalue weighted by Gasteiger charge is -2.27. The number of rotatable bonds is 3. The van der Waals surface area contributed by atoms with E-state index in [2.05, 4.69) is 25.2 Å². The number of amides is 1. The number of carbonyl (C=O) groups excluding carboxylic acids is 1. The topological polar surface area (TPSA) is 124 Å². The SMILES string of the molecule is O=C(Nc1cc(N2CCCCC2)ncn1)c1c[nH]c(=O)[nH]c1=O. The zero-order valence-electron chi connectivity index (χ0n) is 12.3. The first-order chi connectivity index (χ1) is 11.1. The van der Waals surface area contributed by atoms with Crippen molar-refractivity contribution in [2.24, 2.45) is 0 Å². The molecule has 9 heteroatoms. The van der Waals surface area contributed by atoms with Crippen LogP contribution in [-0.4, -0.2) is 38.9 Å². The summed E-state index contributed by atoms with van der Waals surface area (Å²) in [7, 11) is 0. The van der Waals surface area contributed by atoms with Gasteiger partial charge in [-0.15, -0.1) is 0 Å². The molecule has 3 N–H and O–H groups in total. The van der Waals surface area contributed by atoms with E-state index >= 15 is 0 Å². The van der Waals surface area contributed by atoms with Gasteiger partial charge < -0.3 is 15.2 Å². The normalized spacial score (nSPS) is 14.5. The quantitative estimate of drug-likeness (QED) is 0.737. The van der Waals surface area contributed by atoms with E-state index in [1.807, 2.05) is 4.98 Å². The highest BCUT2D eigenvalue weighted by Crippen LogP contribution is 2.19. The smallest absolute Gasteiger partial charge is 0.325 e. The van der Waals surface area contributed by atoms with E-state index < -0.39 is 17.2 Å². The number of carbonyl (C=O) groups is 1. The molecule has 3 heterocycles. The van der Waals surface area contributed by atoms with Gasteiger partial charge in [-0.2, -0.15) is 0 Å². The molecule has 0 unspecified atom stereocenters. The third kappa shape index (κ3) is 3.44. The number of anilines is 2. The Morgan fingerprint density at radius 3 is 2.70 bits per heavy atom. The molecule has 0 saturated carbocycles. The molecule has 2 aromatic heterocycles. The summed E-state index contributed by atoms with van der Waals surface area (Å²) in [5.41, 5.74) is -1.61. The first kappa shape index (κ1) is 14.9. The average molecular weight is 316 g/mol. The molecule has 3 rings (SSSR count). The summed E-state index contributed by atoms with van der Waals surface area (Å²) in [5, 5.41) is 2.54. The first-order valence-corrected chi connectivity index (χ1v) is 7.34. The predicted octanol–water partition coefficient (Wildman–Crippen LogP) is 0.0958. The number of hydrogen-bond acceptors (Lipinski definition) is 6. The van der Waals surface area contributed by atoms with E-state index in [0.717, 1.165) is 37.9 Å². The molecule has 0 spiro atoms. The van der Waals surface area contributed by atoms with Gasteiger partial charge in [-0.3, -0.25) is 14.6 Å². The molecular weight excluding hydrogens is 300 g/mol. The number of aromatic nitrogens is 4. The summed E-state index contributed by atoms with van der Waals surface area (Å²) in [5.74, 6) is 0.396.